The molecular weight excluding hydrogens is 405 g/mol. The maximum Gasteiger partial charge on any atom is 0.270 e. The fourth-order valence-electron chi connectivity index (χ4n) is 3.84. The predicted molar refractivity (Wildman–Crippen MR) is 116 cm³/mol. The van der Waals surface area contributed by atoms with Gasteiger partial charge in [0, 0.05) is 25.7 Å². The maximum absolute atomic E-state index is 13.7. The molecule has 1 N–H and O–H groups in total. The molecule has 3 aromatic rings. The summed E-state index contributed by atoms with van der Waals surface area (Å²) in [6.45, 7) is 5.66. The average Bonchev–Trinajstić information content (AvgIpc) is 2.74. The molecule has 1 aromatic carbocycles. The number of aromatic nitrogens is 3. The van der Waals surface area contributed by atoms with E-state index < -0.39 is 0 Å². The number of hydrogen-bond acceptors (Lipinski definition) is 5. The number of benzene rings is 1. The molecule has 0 spiro atoms. The molecule has 0 atom stereocenters. The zero-order valence-corrected chi connectivity index (χ0v) is 17.7. The van der Waals surface area contributed by atoms with Crippen molar-refractivity contribution in [3.8, 4) is 0 Å². The van der Waals surface area contributed by atoms with Gasteiger partial charge in [-0.25, -0.2) is 14.4 Å². The Hall–Kier alpha value is -2.35. The lowest BCUT2D eigenvalue weighted by molar-refractivity contribution is 0.191. The summed E-state index contributed by atoms with van der Waals surface area (Å²) in [6, 6.07) is 9.26. The fourth-order valence-corrected chi connectivity index (χ4v) is 3.99. The molecule has 30 heavy (non-hydrogen) atoms. The van der Waals surface area contributed by atoms with Gasteiger partial charge < -0.3 is 10.2 Å². The quantitative estimate of drug-likeness (QED) is 0.610. The fraction of sp³-hybridized carbons (Fsp3) is 0.409. The van der Waals surface area contributed by atoms with Crippen molar-refractivity contribution in [3.63, 3.8) is 0 Å². The Bertz CT molecular complexity index is 1090. The molecule has 4 rings (SSSR count). The number of nitrogens with one attached hydrogen (secondary N) is 1. The van der Waals surface area contributed by atoms with Crippen LogP contribution in [0.1, 0.15) is 24.0 Å². The Morgan fingerprint density at radius 3 is 2.77 bits per heavy atom. The number of pyridine rings is 1. The third-order valence-electron chi connectivity index (χ3n) is 5.71. The summed E-state index contributed by atoms with van der Waals surface area (Å²) in [4.78, 5) is 23.1. The van der Waals surface area contributed by atoms with Crippen molar-refractivity contribution in [1.29, 1.82) is 0 Å². The number of rotatable bonds is 6. The van der Waals surface area contributed by atoms with Crippen LogP contribution < -0.4 is 10.9 Å². The van der Waals surface area contributed by atoms with E-state index in [1.165, 1.54) is 6.20 Å². The van der Waals surface area contributed by atoms with E-state index in [1.807, 2.05) is 12.1 Å². The Kier molecular flexibility index (Phi) is 6.41. The van der Waals surface area contributed by atoms with Crippen molar-refractivity contribution in [3.05, 3.63) is 69.0 Å². The minimum Gasteiger partial charge on any atom is -0.310 e. The Morgan fingerprint density at radius 1 is 1.20 bits per heavy atom. The van der Waals surface area contributed by atoms with Crippen LogP contribution in [0, 0.1) is 12.7 Å². The first-order chi connectivity index (χ1) is 14.5. The van der Waals surface area contributed by atoms with Gasteiger partial charge in [0.25, 0.3) is 5.56 Å². The van der Waals surface area contributed by atoms with E-state index in [0.717, 1.165) is 38.0 Å². The molecule has 158 valence electrons. The summed E-state index contributed by atoms with van der Waals surface area (Å²) in [7, 11) is 0. The van der Waals surface area contributed by atoms with Gasteiger partial charge in [0.15, 0.2) is 5.65 Å². The highest BCUT2D eigenvalue weighted by Gasteiger charge is 2.19. The number of aryl methyl sites for hydroxylation is 1. The zero-order valence-electron chi connectivity index (χ0n) is 16.9. The predicted octanol–water partition coefficient (Wildman–Crippen LogP) is 3.15. The molecule has 0 saturated carbocycles. The standard InChI is InChI=1S/C22H25ClFN5O/c1-15-2-3-16(12-18(15)24)13-25-17-6-8-28(9-7-17)10-11-29-21(30)14-26-19-4-5-20(23)27-22(19)29/h2-5,12,14,17,25H,6-11,13H2,1H3. The summed E-state index contributed by atoms with van der Waals surface area (Å²) in [5.41, 5.74) is 2.66. The molecule has 0 amide bonds. The van der Waals surface area contributed by atoms with Gasteiger partial charge in [-0.15, -0.1) is 0 Å². The monoisotopic (exact) mass is 429 g/mol. The minimum absolute atomic E-state index is 0.154. The van der Waals surface area contributed by atoms with Crippen molar-refractivity contribution in [2.75, 3.05) is 19.6 Å². The Labute approximate surface area is 179 Å². The van der Waals surface area contributed by atoms with Crippen LogP contribution in [0.3, 0.4) is 0 Å². The average molecular weight is 430 g/mol. The smallest absolute Gasteiger partial charge is 0.270 e. The second-order valence-electron chi connectivity index (χ2n) is 7.81. The van der Waals surface area contributed by atoms with Crippen LogP contribution in [0.25, 0.3) is 11.2 Å². The van der Waals surface area contributed by atoms with Crippen molar-refractivity contribution in [1.82, 2.24) is 24.8 Å². The number of nitrogens with zero attached hydrogens (tertiary/aromatic N) is 4. The molecule has 1 saturated heterocycles. The molecule has 1 aliphatic heterocycles. The van der Waals surface area contributed by atoms with E-state index in [2.05, 4.69) is 20.2 Å². The molecule has 0 bridgehead atoms. The third kappa shape index (κ3) is 4.86. The van der Waals surface area contributed by atoms with Crippen LogP contribution in [0.2, 0.25) is 5.15 Å². The molecule has 0 radical (unpaired) electrons. The van der Waals surface area contributed by atoms with Crippen LogP contribution in [-0.2, 0) is 13.1 Å². The number of likely N-dealkylation sites (tertiary alicyclic amines) is 1. The van der Waals surface area contributed by atoms with Crippen LogP contribution >= 0.6 is 11.6 Å². The largest absolute Gasteiger partial charge is 0.310 e. The first-order valence-electron chi connectivity index (χ1n) is 10.2. The third-order valence-corrected chi connectivity index (χ3v) is 5.93. The van der Waals surface area contributed by atoms with Gasteiger partial charge in [-0.05, 0) is 62.2 Å². The summed E-state index contributed by atoms with van der Waals surface area (Å²) >= 11 is 6.01. The molecule has 3 heterocycles. The van der Waals surface area contributed by atoms with E-state index in [-0.39, 0.29) is 11.4 Å². The summed E-state index contributed by atoms with van der Waals surface area (Å²) in [5, 5.41) is 3.89. The Morgan fingerprint density at radius 2 is 2.00 bits per heavy atom. The number of halogens is 2. The summed E-state index contributed by atoms with van der Waals surface area (Å²) in [5.74, 6) is -0.154. The van der Waals surface area contributed by atoms with Gasteiger partial charge >= 0.3 is 0 Å². The maximum atomic E-state index is 13.7. The van der Waals surface area contributed by atoms with Gasteiger partial charge in [-0.2, -0.15) is 0 Å². The number of piperidine rings is 1. The van der Waals surface area contributed by atoms with Gasteiger partial charge in [0.05, 0.1) is 6.20 Å². The number of fused-ring (bicyclic) bond motifs is 1. The minimum atomic E-state index is -0.167. The lowest BCUT2D eigenvalue weighted by Gasteiger charge is -2.32. The Balaban J connectivity index is 1.30. The van der Waals surface area contributed by atoms with E-state index >= 15 is 0 Å². The highest BCUT2D eigenvalue weighted by molar-refractivity contribution is 6.29. The topological polar surface area (TPSA) is 63.0 Å². The molecule has 2 aromatic heterocycles. The van der Waals surface area contributed by atoms with Crippen molar-refractivity contribution < 1.29 is 4.39 Å². The van der Waals surface area contributed by atoms with Crippen molar-refractivity contribution in [2.45, 2.75) is 38.9 Å². The molecule has 0 aliphatic carbocycles. The zero-order chi connectivity index (χ0) is 21.1. The van der Waals surface area contributed by atoms with E-state index in [4.69, 9.17) is 11.6 Å². The molecule has 1 aliphatic rings. The number of hydrogen-bond donors (Lipinski definition) is 1. The van der Waals surface area contributed by atoms with Crippen LogP contribution in [0.4, 0.5) is 4.39 Å². The molecule has 8 heteroatoms. The molecule has 1 fully saturated rings. The lowest BCUT2D eigenvalue weighted by Crippen LogP contribution is -2.43. The normalized spacial score (nSPS) is 15.7. The highest BCUT2D eigenvalue weighted by atomic mass is 35.5. The highest BCUT2D eigenvalue weighted by Crippen LogP contribution is 2.15. The molecule has 0 unspecified atom stereocenters. The first kappa shape index (κ1) is 20.9. The molecular formula is C22H25ClFN5O. The van der Waals surface area contributed by atoms with Gasteiger partial charge in [-0.3, -0.25) is 9.36 Å². The first-order valence-corrected chi connectivity index (χ1v) is 10.6. The van der Waals surface area contributed by atoms with Crippen molar-refractivity contribution >= 4 is 22.8 Å². The van der Waals surface area contributed by atoms with Crippen LogP contribution in [0.15, 0.2) is 41.3 Å². The lowest BCUT2D eigenvalue weighted by atomic mass is 10.0. The van der Waals surface area contributed by atoms with Crippen LogP contribution in [0.5, 0.6) is 0 Å². The van der Waals surface area contributed by atoms with Crippen LogP contribution in [-0.4, -0.2) is 45.1 Å². The van der Waals surface area contributed by atoms with E-state index in [9.17, 15) is 9.18 Å². The summed E-state index contributed by atoms with van der Waals surface area (Å²) in [6.07, 6.45) is 3.37. The summed E-state index contributed by atoms with van der Waals surface area (Å²) < 4.78 is 15.3. The second-order valence-corrected chi connectivity index (χ2v) is 8.19. The van der Waals surface area contributed by atoms with Gasteiger partial charge in [0.1, 0.15) is 16.5 Å². The van der Waals surface area contributed by atoms with Gasteiger partial charge in [-0.1, -0.05) is 23.7 Å². The van der Waals surface area contributed by atoms with Gasteiger partial charge in [0.2, 0.25) is 0 Å². The van der Waals surface area contributed by atoms with E-state index in [1.54, 1.807) is 29.7 Å². The molecule has 6 nitrogen and oxygen atoms in total. The van der Waals surface area contributed by atoms with Crippen molar-refractivity contribution in [2.24, 2.45) is 0 Å². The SMILES string of the molecule is Cc1ccc(CNC2CCN(CCn3c(=O)cnc4ccc(Cl)nc43)CC2)cc1F. The van der Waals surface area contributed by atoms with E-state index in [0.29, 0.717) is 41.0 Å². The second kappa shape index (κ2) is 9.20.